The smallest absolute Gasteiger partial charge is 0.169 e. The molecule has 0 aliphatic heterocycles. The van der Waals surface area contributed by atoms with E-state index in [1.54, 1.807) is 0 Å². The minimum atomic E-state index is 0.0193. The van der Waals surface area contributed by atoms with Crippen molar-refractivity contribution in [2.75, 3.05) is 20.6 Å². The number of para-hydroxylation sites is 1. The van der Waals surface area contributed by atoms with E-state index >= 15 is 0 Å². The molecule has 1 heterocycles. The molecule has 96 valence electrons. The molecule has 0 radical (unpaired) electrons. The Balaban J connectivity index is 2.39. The summed E-state index contributed by atoms with van der Waals surface area (Å²) in [7, 11) is 5.97. The minimum Gasteiger partial charge on any atom is -0.350 e. The molecule has 0 amide bonds. The first-order valence-corrected chi connectivity index (χ1v) is 6.23. The monoisotopic (exact) mass is 244 g/mol. The zero-order chi connectivity index (χ0) is 13.3. The maximum absolute atomic E-state index is 12.5. The van der Waals surface area contributed by atoms with Crippen molar-refractivity contribution >= 4 is 16.7 Å². The summed E-state index contributed by atoms with van der Waals surface area (Å²) in [5.74, 6) is 0.242. The van der Waals surface area contributed by atoms with Crippen LogP contribution in [-0.4, -0.2) is 35.9 Å². The summed E-state index contributed by atoms with van der Waals surface area (Å²) in [5, 5.41) is 1.05. The number of carbonyl (C=O) groups excluding carboxylic acids is 1. The Kier molecular flexibility index (Phi) is 3.53. The van der Waals surface area contributed by atoms with Gasteiger partial charge in [0.15, 0.2) is 5.78 Å². The van der Waals surface area contributed by atoms with Crippen LogP contribution in [0.5, 0.6) is 0 Å². The lowest BCUT2D eigenvalue weighted by Crippen LogP contribution is -2.25. The quantitative estimate of drug-likeness (QED) is 0.772. The van der Waals surface area contributed by atoms with Crippen LogP contribution in [0.1, 0.15) is 17.3 Å². The second-order valence-corrected chi connectivity index (χ2v) is 5.20. The zero-order valence-electron chi connectivity index (χ0n) is 11.5. The molecule has 1 aromatic carbocycles. The number of aryl methyl sites for hydroxylation is 1. The van der Waals surface area contributed by atoms with E-state index in [0.717, 1.165) is 23.0 Å². The normalized spacial score (nSPS) is 13.2. The molecule has 1 aromatic heterocycles. The molecule has 0 N–H and O–H groups in total. The number of benzene rings is 1. The van der Waals surface area contributed by atoms with Gasteiger partial charge in [0.05, 0.1) is 0 Å². The van der Waals surface area contributed by atoms with Crippen LogP contribution in [0.4, 0.5) is 0 Å². The number of Topliss-reactive ketones (excluding diaryl/α,β-unsaturated/α-hetero) is 1. The van der Waals surface area contributed by atoms with Gasteiger partial charge in [-0.2, -0.15) is 0 Å². The Morgan fingerprint density at radius 1 is 1.33 bits per heavy atom. The third kappa shape index (κ3) is 2.31. The fourth-order valence-corrected chi connectivity index (χ4v) is 2.43. The predicted molar refractivity (Wildman–Crippen MR) is 75.0 cm³/mol. The first-order chi connectivity index (χ1) is 8.50. The second-order valence-electron chi connectivity index (χ2n) is 5.20. The molecular weight excluding hydrogens is 224 g/mol. The highest BCUT2D eigenvalue weighted by Gasteiger charge is 2.19. The van der Waals surface area contributed by atoms with Crippen LogP contribution in [0.3, 0.4) is 0 Å². The number of rotatable bonds is 4. The van der Waals surface area contributed by atoms with Gasteiger partial charge in [0.2, 0.25) is 0 Å². The van der Waals surface area contributed by atoms with Gasteiger partial charge in [0, 0.05) is 42.2 Å². The van der Waals surface area contributed by atoms with E-state index < -0.39 is 0 Å². The fraction of sp³-hybridized carbons (Fsp3) is 0.400. The lowest BCUT2D eigenvalue weighted by molar-refractivity contribution is 0.0911. The molecule has 0 saturated heterocycles. The highest BCUT2D eigenvalue weighted by molar-refractivity contribution is 6.09. The van der Waals surface area contributed by atoms with Crippen molar-refractivity contribution in [3.8, 4) is 0 Å². The number of aromatic nitrogens is 1. The van der Waals surface area contributed by atoms with Crippen molar-refractivity contribution in [2.45, 2.75) is 6.92 Å². The lowest BCUT2D eigenvalue weighted by Gasteiger charge is -2.15. The molecule has 18 heavy (non-hydrogen) atoms. The predicted octanol–water partition coefficient (Wildman–Crippen LogP) is 2.56. The standard InChI is InChI=1S/C15H20N2O/c1-11(9-16(2)3)15(18)13-10-17(4)14-8-6-5-7-12(13)14/h5-8,10-11H,9H2,1-4H3/t11-/m0/s1. The Labute approximate surface area is 108 Å². The summed E-state index contributed by atoms with van der Waals surface area (Å²) in [4.78, 5) is 14.5. The lowest BCUT2D eigenvalue weighted by atomic mass is 9.98. The van der Waals surface area contributed by atoms with Crippen LogP contribution in [-0.2, 0) is 7.05 Å². The first kappa shape index (κ1) is 12.8. The Bertz CT molecular complexity index is 569. The maximum Gasteiger partial charge on any atom is 0.169 e. The molecule has 1 atom stereocenters. The first-order valence-electron chi connectivity index (χ1n) is 6.23. The van der Waals surface area contributed by atoms with E-state index in [2.05, 4.69) is 0 Å². The van der Waals surface area contributed by atoms with Gasteiger partial charge >= 0.3 is 0 Å². The SMILES string of the molecule is C[C@@H](CN(C)C)C(=O)c1cn(C)c2ccccc12. The van der Waals surface area contributed by atoms with Crippen LogP contribution in [0.15, 0.2) is 30.5 Å². The van der Waals surface area contributed by atoms with Crippen LogP contribution in [0.25, 0.3) is 10.9 Å². The van der Waals surface area contributed by atoms with Crippen molar-refractivity contribution in [1.82, 2.24) is 9.47 Å². The number of carbonyl (C=O) groups is 1. The average molecular weight is 244 g/mol. The van der Waals surface area contributed by atoms with Crippen LogP contribution >= 0.6 is 0 Å². The van der Waals surface area contributed by atoms with Gasteiger partial charge < -0.3 is 9.47 Å². The van der Waals surface area contributed by atoms with Gasteiger partial charge in [-0.3, -0.25) is 4.79 Å². The number of fused-ring (bicyclic) bond motifs is 1. The molecule has 0 aliphatic carbocycles. The highest BCUT2D eigenvalue weighted by Crippen LogP contribution is 2.23. The summed E-state index contributed by atoms with van der Waals surface area (Å²) in [6.45, 7) is 2.77. The summed E-state index contributed by atoms with van der Waals surface area (Å²) < 4.78 is 2.02. The van der Waals surface area contributed by atoms with E-state index in [0.29, 0.717) is 0 Å². The molecule has 0 unspecified atom stereocenters. The summed E-state index contributed by atoms with van der Waals surface area (Å²) in [5.41, 5.74) is 1.94. The molecule has 2 aromatic rings. The number of hydrogen-bond donors (Lipinski definition) is 0. The zero-order valence-corrected chi connectivity index (χ0v) is 11.5. The molecule has 0 spiro atoms. The molecule has 0 fully saturated rings. The van der Waals surface area contributed by atoms with E-state index in [-0.39, 0.29) is 11.7 Å². The third-order valence-electron chi connectivity index (χ3n) is 3.25. The van der Waals surface area contributed by atoms with E-state index in [1.807, 2.05) is 68.0 Å². The number of nitrogens with zero attached hydrogens (tertiary/aromatic N) is 2. The minimum absolute atomic E-state index is 0.0193. The Morgan fingerprint density at radius 3 is 2.67 bits per heavy atom. The van der Waals surface area contributed by atoms with Gasteiger partial charge in [-0.15, -0.1) is 0 Å². The summed E-state index contributed by atoms with van der Waals surface area (Å²) >= 11 is 0. The molecule has 0 saturated carbocycles. The molecule has 3 heteroatoms. The average Bonchev–Trinajstić information content (AvgIpc) is 2.66. The Morgan fingerprint density at radius 2 is 2.00 bits per heavy atom. The molecule has 2 rings (SSSR count). The molecule has 0 bridgehead atoms. The van der Waals surface area contributed by atoms with Gasteiger partial charge in [-0.05, 0) is 20.2 Å². The second kappa shape index (κ2) is 4.94. The largest absolute Gasteiger partial charge is 0.350 e. The third-order valence-corrected chi connectivity index (χ3v) is 3.25. The van der Waals surface area contributed by atoms with Crippen LogP contribution in [0, 0.1) is 5.92 Å². The van der Waals surface area contributed by atoms with Gasteiger partial charge in [-0.25, -0.2) is 0 Å². The number of ketones is 1. The van der Waals surface area contributed by atoms with E-state index in [9.17, 15) is 4.79 Å². The molecule has 3 nitrogen and oxygen atoms in total. The highest BCUT2D eigenvalue weighted by atomic mass is 16.1. The maximum atomic E-state index is 12.5. The summed E-state index contributed by atoms with van der Waals surface area (Å²) in [6.07, 6.45) is 1.94. The Hall–Kier alpha value is -1.61. The van der Waals surface area contributed by atoms with Gasteiger partial charge in [-0.1, -0.05) is 25.1 Å². The van der Waals surface area contributed by atoms with Gasteiger partial charge in [0.1, 0.15) is 0 Å². The molecule has 0 aliphatic rings. The van der Waals surface area contributed by atoms with Crippen molar-refractivity contribution in [3.63, 3.8) is 0 Å². The van der Waals surface area contributed by atoms with Crippen molar-refractivity contribution in [3.05, 3.63) is 36.0 Å². The number of hydrogen-bond acceptors (Lipinski definition) is 2. The topological polar surface area (TPSA) is 25.2 Å². The molecular formula is C15H20N2O. The van der Waals surface area contributed by atoms with Crippen molar-refractivity contribution in [1.29, 1.82) is 0 Å². The van der Waals surface area contributed by atoms with Crippen LogP contribution < -0.4 is 0 Å². The van der Waals surface area contributed by atoms with E-state index in [4.69, 9.17) is 0 Å². The van der Waals surface area contributed by atoms with Crippen molar-refractivity contribution in [2.24, 2.45) is 13.0 Å². The van der Waals surface area contributed by atoms with Gasteiger partial charge in [0.25, 0.3) is 0 Å². The van der Waals surface area contributed by atoms with Crippen LogP contribution in [0.2, 0.25) is 0 Å². The van der Waals surface area contributed by atoms with E-state index in [1.165, 1.54) is 0 Å². The van der Waals surface area contributed by atoms with Crippen molar-refractivity contribution < 1.29 is 4.79 Å². The summed E-state index contributed by atoms with van der Waals surface area (Å²) in [6, 6.07) is 8.04. The fourth-order valence-electron chi connectivity index (χ4n) is 2.43.